The van der Waals surface area contributed by atoms with Crippen LogP contribution in [0.4, 0.5) is 0 Å². The summed E-state index contributed by atoms with van der Waals surface area (Å²) in [5, 5.41) is 11.4. The van der Waals surface area contributed by atoms with Crippen LogP contribution in [0.25, 0.3) is 0 Å². The first kappa shape index (κ1) is 14.2. The summed E-state index contributed by atoms with van der Waals surface area (Å²) in [7, 11) is 1.77. The van der Waals surface area contributed by atoms with Gasteiger partial charge in [0, 0.05) is 13.5 Å². The zero-order valence-electron chi connectivity index (χ0n) is 10.8. The van der Waals surface area contributed by atoms with Crippen molar-refractivity contribution >= 4 is 11.9 Å². The normalized spacial score (nSPS) is 12.4. The minimum atomic E-state index is -1.05. The molecule has 1 heterocycles. The van der Waals surface area contributed by atoms with Crippen molar-refractivity contribution in [1.29, 1.82) is 0 Å². The van der Waals surface area contributed by atoms with E-state index in [0.29, 0.717) is 6.54 Å². The van der Waals surface area contributed by atoms with Gasteiger partial charge in [-0.1, -0.05) is 0 Å². The maximum atomic E-state index is 11.0. The number of furan rings is 1. The molecule has 0 spiro atoms. The fourth-order valence-corrected chi connectivity index (χ4v) is 1.64. The Morgan fingerprint density at radius 3 is 2.61 bits per heavy atom. The van der Waals surface area contributed by atoms with Crippen LogP contribution in [0.15, 0.2) is 16.5 Å². The number of amides is 1. The van der Waals surface area contributed by atoms with Crippen LogP contribution in [0.3, 0.4) is 0 Å². The van der Waals surface area contributed by atoms with Crippen LogP contribution in [-0.4, -0.2) is 41.5 Å². The predicted molar refractivity (Wildman–Crippen MR) is 65.0 cm³/mol. The second kappa shape index (κ2) is 6.20. The van der Waals surface area contributed by atoms with Gasteiger partial charge in [-0.15, -0.1) is 0 Å². The SMILES string of the molecule is CC(=O)NC(CN(C)Cc1ccc(C)o1)C(=O)O. The van der Waals surface area contributed by atoms with Gasteiger partial charge in [-0.05, 0) is 26.1 Å². The number of aryl methyl sites for hydroxylation is 1. The molecular weight excluding hydrogens is 236 g/mol. The lowest BCUT2D eigenvalue weighted by atomic mass is 10.2. The number of hydrogen-bond donors (Lipinski definition) is 2. The standard InChI is InChI=1S/C12H18N2O4/c1-8-4-5-10(18-8)6-14(3)7-11(12(16)17)13-9(2)15/h4-5,11H,6-7H2,1-3H3,(H,13,15)(H,16,17). The van der Waals surface area contributed by atoms with Crippen LogP contribution in [0.2, 0.25) is 0 Å². The molecule has 0 saturated carbocycles. The van der Waals surface area contributed by atoms with Gasteiger partial charge in [-0.2, -0.15) is 0 Å². The van der Waals surface area contributed by atoms with Crippen LogP contribution in [0, 0.1) is 6.92 Å². The minimum absolute atomic E-state index is 0.217. The maximum Gasteiger partial charge on any atom is 0.327 e. The predicted octanol–water partition coefficient (Wildman–Crippen LogP) is 0.609. The lowest BCUT2D eigenvalue weighted by Crippen LogP contribution is -2.46. The third kappa shape index (κ3) is 4.58. The van der Waals surface area contributed by atoms with E-state index in [4.69, 9.17) is 9.52 Å². The summed E-state index contributed by atoms with van der Waals surface area (Å²) in [6, 6.07) is 2.79. The monoisotopic (exact) mass is 254 g/mol. The van der Waals surface area contributed by atoms with E-state index in [1.165, 1.54) is 6.92 Å². The van der Waals surface area contributed by atoms with Crippen LogP contribution >= 0.6 is 0 Å². The molecule has 1 aromatic heterocycles. The van der Waals surface area contributed by atoms with Gasteiger partial charge in [0.15, 0.2) is 0 Å². The van der Waals surface area contributed by atoms with Crippen molar-refractivity contribution in [2.45, 2.75) is 26.4 Å². The Labute approximate surface area is 106 Å². The zero-order valence-corrected chi connectivity index (χ0v) is 10.8. The number of carboxylic acids is 1. The molecule has 0 saturated heterocycles. The first-order chi connectivity index (χ1) is 8.38. The first-order valence-electron chi connectivity index (χ1n) is 5.62. The van der Waals surface area contributed by atoms with E-state index in [0.717, 1.165) is 11.5 Å². The van der Waals surface area contributed by atoms with Gasteiger partial charge in [0.2, 0.25) is 5.91 Å². The number of carbonyl (C=O) groups excluding carboxylic acids is 1. The third-order valence-corrected chi connectivity index (χ3v) is 2.39. The Balaban J connectivity index is 2.53. The summed E-state index contributed by atoms with van der Waals surface area (Å²) in [5.41, 5.74) is 0. The molecule has 1 unspecified atom stereocenters. The fraction of sp³-hybridized carbons (Fsp3) is 0.500. The minimum Gasteiger partial charge on any atom is -0.480 e. The molecule has 0 fully saturated rings. The topological polar surface area (TPSA) is 82.8 Å². The number of likely N-dealkylation sites (N-methyl/N-ethyl adjacent to an activating group) is 1. The smallest absolute Gasteiger partial charge is 0.327 e. The molecule has 100 valence electrons. The number of carbonyl (C=O) groups is 2. The highest BCUT2D eigenvalue weighted by Gasteiger charge is 2.20. The molecule has 0 bridgehead atoms. The van der Waals surface area contributed by atoms with Crippen molar-refractivity contribution in [3.05, 3.63) is 23.7 Å². The fourth-order valence-electron chi connectivity index (χ4n) is 1.64. The molecule has 0 aromatic carbocycles. The average Bonchev–Trinajstić information content (AvgIpc) is 2.62. The second-order valence-electron chi connectivity index (χ2n) is 4.30. The van der Waals surface area contributed by atoms with Crippen molar-refractivity contribution in [2.24, 2.45) is 0 Å². The van der Waals surface area contributed by atoms with Crippen molar-refractivity contribution in [2.75, 3.05) is 13.6 Å². The summed E-state index contributed by atoms with van der Waals surface area (Å²) in [4.78, 5) is 23.6. The highest BCUT2D eigenvalue weighted by Crippen LogP contribution is 2.08. The average molecular weight is 254 g/mol. The Kier molecular flexibility index (Phi) is 4.91. The summed E-state index contributed by atoms with van der Waals surface area (Å²) < 4.78 is 5.40. The second-order valence-corrected chi connectivity index (χ2v) is 4.30. The molecule has 0 aliphatic heterocycles. The molecule has 6 nitrogen and oxygen atoms in total. The molecule has 0 aliphatic rings. The van der Waals surface area contributed by atoms with Gasteiger partial charge >= 0.3 is 5.97 Å². The molecule has 2 N–H and O–H groups in total. The molecule has 18 heavy (non-hydrogen) atoms. The Hall–Kier alpha value is -1.82. The summed E-state index contributed by atoms with van der Waals surface area (Å²) in [6.45, 7) is 3.86. The van der Waals surface area contributed by atoms with E-state index in [1.807, 2.05) is 19.1 Å². The molecule has 1 rings (SSSR count). The highest BCUT2D eigenvalue weighted by molar-refractivity contribution is 5.82. The van der Waals surface area contributed by atoms with E-state index in [9.17, 15) is 9.59 Å². The molecule has 6 heteroatoms. The Morgan fingerprint density at radius 2 is 2.17 bits per heavy atom. The number of nitrogens with zero attached hydrogens (tertiary/aromatic N) is 1. The molecule has 1 aromatic rings. The molecule has 1 amide bonds. The van der Waals surface area contributed by atoms with Crippen LogP contribution in [0.1, 0.15) is 18.4 Å². The lowest BCUT2D eigenvalue weighted by molar-refractivity contribution is -0.142. The van der Waals surface area contributed by atoms with E-state index in [2.05, 4.69) is 5.32 Å². The Morgan fingerprint density at radius 1 is 1.50 bits per heavy atom. The van der Waals surface area contributed by atoms with Crippen LogP contribution < -0.4 is 5.32 Å². The zero-order chi connectivity index (χ0) is 13.7. The van der Waals surface area contributed by atoms with Gasteiger partial charge in [-0.25, -0.2) is 4.79 Å². The Bertz CT molecular complexity index is 427. The molecule has 1 atom stereocenters. The molecule has 0 radical (unpaired) electrons. The molecular formula is C12H18N2O4. The van der Waals surface area contributed by atoms with Gasteiger partial charge in [0.25, 0.3) is 0 Å². The maximum absolute atomic E-state index is 11.0. The van der Waals surface area contributed by atoms with Crippen molar-refractivity contribution in [3.8, 4) is 0 Å². The summed E-state index contributed by atoms with van der Waals surface area (Å²) in [6.07, 6.45) is 0. The third-order valence-electron chi connectivity index (χ3n) is 2.39. The number of rotatable bonds is 6. The van der Waals surface area contributed by atoms with Crippen molar-refractivity contribution < 1.29 is 19.1 Å². The van der Waals surface area contributed by atoms with E-state index in [1.54, 1.807) is 11.9 Å². The van der Waals surface area contributed by atoms with Gasteiger partial charge in [-0.3, -0.25) is 9.69 Å². The van der Waals surface area contributed by atoms with E-state index < -0.39 is 12.0 Å². The van der Waals surface area contributed by atoms with Crippen molar-refractivity contribution in [3.63, 3.8) is 0 Å². The first-order valence-corrected chi connectivity index (χ1v) is 5.62. The number of carboxylic acid groups (broad SMARTS) is 1. The van der Waals surface area contributed by atoms with Gasteiger partial charge < -0.3 is 14.8 Å². The number of aliphatic carboxylic acids is 1. The largest absolute Gasteiger partial charge is 0.480 e. The lowest BCUT2D eigenvalue weighted by Gasteiger charge is -2.20. The van der Waals surface area contributed by atoms with Crippen LogP contribution in [0.5, 0.6) is 0 Å². The summed E-state index contributed by atoms with van der Waals surface area (Å²) in [5.74, 6) is 0.175. The number of nitrogens with one attached hydrogen (secondary N) is 1. The number of hydrogen-bond acceptors (Lipinski definition) is 4. The quantitative estimate of drug-likeness (QED) is 0.777. The molecule has 0 aliphatic carbocycles. The van der Waals surface area contributed by atoms with Crippen LogP contribution in [-0.2, 0) is 16.1 Å². The summed E-state index contributed by atoms with van der Waals surface area (Å²) >= 11 is 0. The van der Waals surface area contributed by atoms with Gasteiger partial charge in [0.05, 0.1) is 6.54 Å². The van der Waals surface area contributed by atoms with Gasteiger partial charge in [0.1, 0.15) is 17.6 Å². The van der Waals surface area contributed by atoms with E-state index in [-0.39, 0.29) is 12.5 Å². The highest BCUT2D eigenvalue weighted by atomic mass is 16.4. The van der Waals surface area contributed by atoms with E-state index >= 15 is 0 Å². The van der Waals surface area contributed by atoms with Crippen molar-refractivity contribution in [1.82, 2.24) is 10.2 Å².